The lowest BCUT2D eigenvalue weighted by molar-refractivity contribution is 0.194. The van der Waals surface area contributed by atoms with Crippen molar-refractivity contribution in [2.45, 2.75) is 25.3 Å². The second-order valence-electron chi connectivity index (χ2n) is 3.71. The highest BCUT2D eigenvalue weighted by molar-refractivity contribution is 14.1. The highest BCUT2D eigenvalue weighted by Gasteiger charge is 2.30. The van der Waals surface area contributed by atoms with Crippen molar-refractivity contribution in [1.82, 2.24) is 14.9 Å². The van der Waals surface area contributed by atoms with Crippen molar-refractivity contribution in [1.29, 1.82) is 0 Å². The quantitative estimate of drug-likeness (QED) is 0.697. The predicted octanol–water partition coefficient (Wildman–Crippen LogP) is 2.24. The van der Waals surface area contributed by atoms with Gasteiger partial charge in [0.2, 0.25) is 0 Å². The Morgan fingerprint density at radius 3 is 2.81 bits per heavy atom. The van der Waals surface area contributed by atoms with Crippen LogP contribution in [-0.2, 0) is 6.54 Å². The molecular formula is C9H11I2N3O2. The molecule has 1 aliphatic carbocycles. The van der Waals surface area contributed by atoms with Crippen LogP contribution in [0.4, 0.5) is 4.79 Å². The number of carbonyl (C=O) groups is 1. The van der Waals surface area contributed by atoms with Crippen molar-refractivity contribution in [2.75, 3.05) is 6.54 Å². The van der Waals surface area contributed by atoms with Crippen LogP contribution < -0.4 is 5.32 Å². The van der Waals surface area contributed by atoms with Crippen molar-refractivity contribution < 1.29 is 9.90 Å². The first-order valence-corrected chi connectivity index (χ1v) is 7.13. The molecule has 16 heavy (non-hydrogen) atoms. The Hall–Kier alpha value is -0.0600. The molecule has 0 bridgehead atoms. The van der Waals surface area contributed by atoms with Crippen molar-refractivity contribution in [3.63, 3.8) is 0 Å². The van der Waals surface area contributed by atoms with Gasteiger partial charge in [-0.3, -0.25) is 0 Å². The molecule has 2 N–H and O–H groups in total. The number of rotatable bonds is 4. The molecule has 7 heteroatoms. The van der Waals surface area contributed by atoms with Crippen LogP contribution in [0.5, 0.6) is 0 Å². The summed E-state index contributed by atoms with van der Waals surface area (Å²) in [5.41, 5.74) is 0. The summed E-state index contributed by atoms with van der Waals surface area (Å²) in [7, 11) is 0. The van der Waals surface area contributed by atoms with Crippen LogP contribution in [0, 0.1) is 7.40 Å². The van der Waals surface area contributed by atoms with Crippen molar-refractivity contribution in [3.8, 4) is 0 Å². The maximum atomic E-state index is 10.4. The Balaban J connectivity index is 2.08. The van der Waals surface area contributed by atoms with Gasteiger partial charge in [-0.1, -0.05) is 0 Å². The highest BCUT2D eigenvalue weighted by Crippen LogP contribution is 2.40. The van der Waals surface area contributed by atoms with E-state index in [9.17, 15) is 4.79 Å². The Bertz CT molecular complexity index is 415. The van der Waals surface area contributed by atoms with Gasteiger partial charge in [-0.2, -0.15) is 0 Å². The smallest absolute Gasteiger partial charge is 0.404 e. The number of halogens is 2. The SMILES string of the molecule is O=C(O)NCCn1c(C2CC2)nc(I)c1I. The first-order chi connectivity index (χ1) is 7.59. The van der Waals surface area contributed by atoms with E-state index in [4.69, 9.17) is 5.11 Å². The molecule has 2 rings (SSSR count). The number of nitrogens with one attached hydrogen (secondary N) is 1. The third kappa shape index (κ3) is 2.79. The summed E-state index contributed by atoms with van der Waals surface area (Å²) in [6.45, 7) is 1.09. The molecular weight excluding hydrogens is 436 g/mol. The molecule has 1 fully saturated rings. The predicted molar refractivity (Wildman–Crippen MR) is 75.7 cm³/mol. The van der Waals surface area contributed by atoms with Crippen LogP contribution in [0.2, 0.25) is 0 Å². The van der Waals surface area contributed by atoms with E-state index in [0.717, 1.165) is 13.2 Å². The van der Waals surface area contributed by atoms with Gasteiger partial charge in [0.25, 0.3) is 0 Å². The van der Waals surface area contributed by atoms with Gasteiger partial charge in [-0.25, -0.2) is 9.78 Å². The van der Waals surface area contributed by atoms with Gasteiger partial charge in [0.05, 0.1) is 0 Å². The molecule has 0 radical (unpaired) electrons. The van der Waals surface area contributed by atoms with E-state index in [0.29, 0.717) is 19.0 Å². The van der Waals surface area contributed by atoms with Gasteiger partial charge in [0.15, 0.2) is 0 Å². The number of aromatic nitrogens is 2. The van der Waals surface area contributed by atoms with Gasteiger partial charge < -0.3 is 15.0 Å². The van der Waals surface area contributed by atoms with Gasteiger partial charge in [0.1, 0.15) is 13.2 Å². The molecule has 5 nitrogen and oxygen atoms in total. The van der Waals surface area contributed by atoms with Crippen molar-refractivity contribution in [2.24, 2.45) is 0 Å². The second kappa shape index (κ2) is 5.07. The third-order valence-corrected chi connectivity index (χ3v) is 5.33. The third-order valence-electron chi connectivity index (χ3n) is 2.45. The Morgan fingerprint density at radius 1 is 1.56 bits per heavy atom. The number of hydrogen-bond donors (Lipinski definition) is 2. The summed E-state index contributed by atoms with van der Waals surface area (Å²) < 4.78 is 4.23. The molecule has 0 saturated heterocycles. The molecule has 0 unspecified atom stereocenters. The lowest BCUT2D eigenvalue weighted by atomic mass is 10.4. The van der Waals surface area contributed by atoms with E-state index in [1.165, 1.54) is 12.8 Å². The zero-order valence-corrected chi connectivity index (χ0v) is 12.7. The fourth-order valence-electron chi connectivity index (χ4n) is 1.56. The van der Waals surface area contributed by atoms with E-state index in [-0.39, 0.29) is 0 Å². The first kappa shape index (κ1) is 12.4. The maximum absolute atomic E-state index is 10.4. The maximum Gasteiger partial charge on any atom is 0.404 e. The van der Waals surface area contributed by atoms with Crippen molar-refractivity contribution in [3.05, 3.63) is 13.2 Å². The van der Waals surface area contributed by atoms with E-state index >= 15 is 0 Å². The normalized spacial score (nSPS) is 15.1. The van der Waals surface area contributed by atoms with Gasteiger partial charge in [0, 0.05) is 19.0 Å². The lowest BCUT2D eigenvalue weighted by Crippen LogP contribution is -2.26. The van der Waals surface area contributed by atoms with Crippen LogP contribution >= 0.6 is 45.2 Å². The molecule has 1 aromatic heterocycles. The van der Waals surface area contributed by atoms with E-state index in [1.807, 2.05) is 0 Å². The summed E-state index contributed by atoms with van der Waals surface area (Å²) >= 11 is 4.48. The molecule has 0 aliphatic heterocycles. The van der Waals surface area contributed by atoms with Gasteiger partial charge >= 0.3 is 6.09 Å². The molecule has 1 aromatic rings. The van der Waals surface area contributed by atoms with Crippen LogP contribution in [-0.4, -0.2) is 27.3 Å². The van der Waals surface area contributed by atoms with Crippen LogP contribution in [0.25, 0.3) is 0 Å². The number of nitrogens with zero attached hydrogens (tertiary/aromatic N) is 2. The average molecular weight is 447 g/mol. The lowest BCUT2D eigenvalue weighted by Gasteiger charge is -2.08. The van der Waals surface area contributed by atoms with Crippen LogP contribution in [0.1, 0.15) is 24.6 Å². The minimum Gasteiger partial charge on any atom is -0.465 e. The van der Waals surface area contributed by atoms with Gasteiger partial charge in [-0.15, -0.1) is 0 Å². The molecule has 1 saturated carbocycles. The fourth-order valence-corrected chi connectivity index (χ4v) is 2.71. The zero-order valence-electron chi connectivity index (χ0n) is 8.41. The Morgan fingerprint density at radius 2 is 2.25 bits per heavy atom. The number of carboxylic acid groups (broad SMARTS) is 1. The summed E-state index contributed by atoms with van der Waals surface area (Å²) in [5, 5.41) is 10.9. The number of amides is 1. The molecule has 0 atom stereocenters. The Labute approximate surface area is 120 Å². The molecule has 0 aromatic carbocycles. The largest absolute Gasteiger partial charge is 0.465 e. The average Bonchev–Trinajstić information content (AvgIpc) is 3.00. The first-order valence-electron chi connectivity index (χ1n) is 4.98. The van der Waals surface area contributed by atoms with Gasteiger partial charge in [-0.05, 0) is 58.0 Å². The zero-order chi connectivity index (χ0) is 11.7. The molecule has 1 aliphatic rings. The molecule has 1 amide bonds. The molecule has 0 spiro atoms. The highest BCUT2D eigenvalue weighted by atomic mass is 127. The van der Waals surface area contributed by atoms with Crippen LogP contribution in [0.15, 0.2) is 0 Å². The van der Waals surface area contributed by atoms with E-state index in [2.05, 4.69) is 60.0 Å². The summed E-state index contributed by atoms with van der Waals surface area (Å²) in [6, 6.07) is 0. The Kier molecular flexibility index (Phi) is 3.93. The summed E-state index contributed by atoms with van der Waals surface area (Å²) in [4.78, 5) is 14.9. The van der Waals surface area contributed by atoms with Crippen LogP contribution in [0.3, 0.4) is 0 Å². The standard InChI is InChI=1S/C9H11I2N3O2/c10-6-7(11)14(4-3-12-9(15)16)8(13-6)5-1-2-5/h5,12H,1-4H2,(H,15,16). The molecule has 1 heterocycles. The number of imidazole rings is 1. The van der Waals surface area contributed by atoms with E-state index in [1.54, 1.807) is 0 Å². The topological polar surface area (TPSA) is 67.2 Å². The fraction of sp³-hybridized carbons (Fsp3) is 0.556. The summed E-state index contributed by atoms with van der Waals surface area (Å²) in [5.74, 6) is 1.70. The number of hydrogen-bond acceptors (Lipinski definition) is 2. The van der Waals surface area contributed by atoms with E-state index < -0.39 is 6.09 Å². The summed E-state index contributed by atoms with van der Waals surface area (Å²) in [6.07, 6.45) is 1.43. The molecule has 88 valence electrons. The monoisotopic (exact) mass is 447 g/mol. The minimum absolute atomic E-state index is 0.428. The second-order valence-corrected chi connectivity index (χ2v) is 5.75. The van der Waals surface area contributed by atoms with Crippen molar-refractivity contribution >= 4 is 51.3 Å². The minimum atomic E-state index is -0.974.